The molecule has 0 spiro atoms. The Labute approximate surface area is 92.0 Å². The Kier molecular flexibility index (Phi) is 6.36. The van der Waals surface area contributed by atoms with Crippen molar-refractivity contribution in [2.75, 3.05) is 33.4 Å². The van der Waals surface area contributed by atoms with Crippen LogP contribution in [-0.4, -0.2) is 50.7 Å². The van der Waals surface area contributed by atoms with Gasteiger partial charge in [-0.3, -0.25) is 9.69 Å². The molecule has 1 saturated carbocycles. The molecule has 88 valence electrons. The fourth-order valence-electron chi connectivity index (χ4n) is 2.22. The molecule has 1 aliphatic carbocycles. The Balaban J connectivity index is 2.26. The van der Waals surface area contributed by atoms with Crippen molar-refractivity contribution in [2.45, 2.75) is 31.7 Å². The number of rotatable bonds is 8. The molecule has 1 aliphatic rings. The maximum absolute atomic E-state index is 10.2. The van der Waals surface area contributed by atoms with Gasteiger partial charge in [-0.2, -0.15) is 0 Å². The molecule has 0 heterocycles. The Morgan fingerprint density at radius 2 is 2.13 bits per heavy atom. The van der Waals surface area contributed by atoms with Crippen LogP contribution in [0.25, 0.3) is 0 Å². The molecule has 0 aliphatic heterocycles. The number of nitrogens with one attached hydrogen (secondary N) is 1. The maximum atomic E-state index is 10.2. The molecule has 0 unspecified atom stereocenters. The summed E-state index contributed by atoms with van der Waals surface area (Å²) in [6.45, 7) is 3.43. The van der Waals surface area contributed by atoms with Gasteiger partial charge < -0.3 is 10.1 Å². The first-order valence-electron chi connectivity index (χ1n) is 5.78. The van der Waals surface area contributed by atoms with E-state index in [0.29, 0.717) is 6.04 Å². The minimum atomic E-state index is 0.702. The van der Waals surface area contributed by atoms with E-state index in [1.807, 2.05) is 0 Å². The minimum absolute atomic E-state index is 0.702. The third kappa shape index (κ3) is 4.62. The Bertz CT molecular complexity index is 170. The smallest absolute Gasteiger partial charge is 0.207 e. The normalized spacial score (nSPS) is 17.2. The van der Waals surface area contributed by atoms with Crippen LogP contribution < -0.4 is 5.32 Å². The largest absolute Gasteiger partial charge is 0.383 e. The predicted octanol–water partition coefficient (Wildman–Crippen LogP) is 0.623. The first kappa shape index (κ1) is 12.5. The maximum Gasteiger partial charge on any atom is 0.207 e. The van der Waals surface area contributed by atoms with E-state index in [0.717, 1.165) is 32.7 Å². The van der Waals surface area contributed by atoms with Crippen molar-refractivity contribution in [1.82, 2.24) is 10.2 Å². The van der Waals surface area contributed by atoms with Gasteiger partial charge in [0.1, 0.15) is 0 Å². The Morgan fingerprint density at radius 1 is 1.40 bits per heavy atom. The van der Waals surface area contributed by atoms with Gasteiger partial charge >= 0.3 is 0 Å². The average molecular weight is 214 g/mol. The van der Waals surface area contributed by atoms with Crippen molar-refractivity contribution in [3.05, 3.63) is 0 Å². The monoisotopic (exact) mass is 214 g/mol. The second-order valence-electron chi connectivity index (χ2n) is 4.04. The second-order valence-corrected chi connectivity index (χ2v) is 4.04. The van der Waals surface area contributed by atoms with Crippen LogP contribution in [-0.2, 0) is 9.53 Å². The van der Waals surface area contributed by atoms with Crippen molar-refractivity contribution in [2.24, 2.45) is 0 Å². The third-order valence-corrected chi connectivity index (χ3v) is 3.05. The lowest BCUT2D eigenvalue weighted by atomic mass is 10.2. The third-order valence-electron chi connectivity index (χ3n) is 3.05. The van der Waals surface area contributed by atoms with E-state index in [9.17, 15) is 4.79 Å². The van der Waals surface area contributed by atoms with E-state index in [2.05, 4.69) is 10.2 Å². The van der Waals surface area contributed by atoms with Gasteiger partial charge in [0, 0.05) is 32.8 Å². The molecule has 15 heavy (non-hydrogen) atoms. The average Bonchev–Trinajstić information content (AvgIpc) is 2.76. The zero-order valence-electron chi connectivity index (χ0n) is 9.58. The van der Waals surface area contributed by atoms with Crippen LogP contribution in [0.4, 0.5) is 0 Å². The molecule has 4 heteroatoms. The fraction of sp³-hybridized carbons (Fsp3) is 0.909. The number of carbonyl (C=O) groups excluding carboxylic acids is 1. The molecule has 4 nitrogen and oxygen atoms in total. The topological polar surface area (TPSA) is 41.6 Å². The summed E-state index contributed by atoms with van der Waals surface area (Å²) in [7, 11) is 1.73. The van der Waals surface area contributed by atoms with Gasteiger partial charge in [-0.1, -0.05) is 12.8 Å². The van der Waals surface area contributed by atoms with Gasteiger partial charge in [0.15, 0.2) is 0 Å². The molecule has 0 bridgehead atoms. The van der Waals surface area contributed by atoms with Crippen LogP contribution in [0.5, 0.6) is 0 Å². The first-order chi connectivity index (χ1) is 7.38. The van der Waals surface area contributed by atoms with Crippen LogP contribution >= 0.6 is 0 Å². The van der Waals surface area contributed by atoms with E-state index in [4.69, 9.17) is 4.74 Å². The van der Waals surface area contributed by atoms with Crippen molar-refractivity contribution >= 4 is 6.41 Å². The van der Waals surface area contributed by atoms with Gasteiger partial charge in [0.05, 0.1) is 6.61 Å². The van der Waals surface area contributed by atoms with E-state index in [1.165, 1.54) is 25.7 Å². The molecule has 0 aromatic carbocycles. The van der Waals surface area contributed by atoms with Crippen LogP contribution in [0.3, 0.4) is 0 Å². The quantitative estimate of drug-likeness (QED) is 0.476. The number of amides is 1. The molecular formula is C11H22N2O2. The van der Waals surface area contributed by atoms with Crippen LogP contribution in [0, 0.1) is 0 Å². The number of ether oxygens (including phenoxy) is 1. The summed E-state index contributed by atoms with van der Waals surface area (Å²) < 4.78 is 5.11. The van der Waals surface area contributed by atoms with Crippen LogP contribution in [0.2, 0.25) is 0 Å². The molecular weight excluding hydrogens is 192 g/mol. The van der Waals surface area contributed by atoms with Gasteiger partial charge in [-0.05, 0) is 12.8 Å². The number of hydrogen-bond acceptors (Lipinski definition) is 3. The van der Waals surface area contributed by atoms with Crippen molar-refractivity contribution < 1.29 is 9.53 Å². The van der Waals surface area contributed by atoms with Gasteiger partial charge in [0.25, 0.3) is 0 Å². The van der Waals surface area contributed by atoms with Gasteiger partial charge in [-0.25, -0.2) is 0 Å². The van der Waals surface area contributed by atoms with Crippen molar-refractivity contribution in [3.8, 4) is 0 Å². The van der Waals surface area contributed by atoms with Crippen molar-refractivity contribution in [3.63, 3.8) is 0 Å². The highest BCUT2D eigenvalue weighted by Gasteiger charge is 2.21. The highest BCUT2D eigenvalue weighted by molar-refractivity contribution is 5.45. The molecule has 0 atom stereocenters. The molecule has 1 fully saturated rings. The lowest BCUT2D eigenvalue weighted by molar-refractivity contribution is -0.109. The zero-order valence-corrected chi connectivity index (χ0v) is 9.58. The number of carbonyl (C=O) groups is 1. The predicted molar refractivity (Wildman–Crippen MR) is 59.8 cm³/mol. The Hall–Kier alpha value is -0.610. The number of hydrogen-bond donors (Lipinski definition) is 1. The zero-order chi connectivity index (χ0) is 10.9. The van der Waals surface area contributed by atoms with Crippen LogP contribution in [0.15, 0.2) is 0 Å². The van der Waals surface area contributed by atoms with Gasteiger partial charge in [0.2, 0.25) is 6.41 Å². The summed E-state index contributed by atoms with van der Waals surface area (Å²) in [4.78, 5) is 12.6. The number of methoxy groups -OCH3 is 1. The summed E-state index contributed by atoms with van der Waals surface area (Å²) in [5, 5.41) is 2.72. The highest BCUT2D eigenvalue weighted by Crippen LogP contribution is 2.22. The van der Waals surface area contributed by atoms with E-state index >= 15 is 0 Å². The summed E-state index contributed by atoms with van der Waals surface area (Å²) in [6.07, 6.45) is 6.04. The summed E-state index contributed by atoms with van der Waals surface area (Å²) in [5.74, 6) is 0. The van der Waals surface area contributed by atoms with E-state index in [1.54, 1.807) is 7.11 Å². The first-order valence-corrected chi connectivity index (χ1v) is 5.78. The van der Waals surface area contributed by atoms with Crippen molar-refractivity contribution in [1.29, 1.82) is 0 Å². The van der Waals surface area contributed by atoms with E-state index < -0.39 is 0 Å². The second kappa shape index (κ2) is 7.65. The molecule has 0 aromatic heterocycles. The van der Waals surface area contributed by atoms with Crippen LogP contribution in [0.1, 0.15) is 25.7 Å². The summed E-state index contributed by atoms with van der Waals surface area (Å²) >= 11 is 0. The summed E-state index contributed by atoms with van der Waals surface area (Å²) in [5.41, 5.74) is 0. The lowest BCUT2D eigenvalue weighted by Crippen LogP contribution is -2.40. The lowest BCUT2D eigenvalue weighted by Gasteiger charge is -2.28. The molecule has 1 rings (SSSR count). The Morgan fingerprint density at radius 3 is 2.73 bits per heavy atom. The minimum Gasteiger partial charge on any atom is -0.383 e. The molecule has 0 saturated heterocycles. The molecule has 1 amide bonds. The van der Waals surface area contributed by atoms with Gasteiger partial charge in [-0.15, -0.1) is 0 Å². The highest BCUT2D eigenvalue weighted by atomic mass is 16.5. The summed E-state index contributed by atoms with van der Waals surface area (Å²) in [6, 6.07) is 0.702. The molecule has 1 N–H and O–H groups in total. The number of nitrogens with zero attached hydrogens (tertiary/aromatic N) is 1. The fourth-order valence-corrected chi connectivity index (χ4v) is 2.22. The van der Waals surface area contributed by atoms with E-state index in [-0.39, 0.29) is 0 Å². The standard InChI is InChI=1S/C11H22N2O2/c1-15-9-8-13(7-6-12-10-14)11-4-2-3-5-11/h10-11H,2-9H2,1H3,(H,12,14). The molecule has 0 aromatic rings. The molecule has 0 radical (unpaired) electrons. The SMILES string of the molecule is COCCN(CCNC=O)C1CCCC1.